The Bertz CT molecular complexity index is 871. The van der Waals surface area contributed by atoms with Crippen molar-refractivity contribution < 1.29 is 0 Å². The Morgan fingerprint density at radius 3 is 1.85 bits per heavy atom. The first-order valence-electron chi connectivity index (χ1n) is 9.78. The number of rotatable bonds is 1. The predicted molar refractivity (Wildman–Crippen MR) is 119 cm³/mol. The van der Waals surface area contributed by atoms with E-state index in [2.05, 4.69) is 80.6 Å². The second-order valence-electron chi connectivity index (χ2n) is 7.14. The topological polar surface area (TPSA) is 0 Å². The maximum atomic E-state index is 2.36. The monoisotopic (exact) mass is 352 g/mol. The zero-order chi connectivity index (χ0) is 18.9. The van der Waals surface area contributed by atoms with Crippen LogP contribution in [0.2, 0.25) is 0 Å². The molecule has 3 aromatic rings. The van der Waals surface area contributed by atoms with E-state index in [0.717, 1.165) is 12.8 Å². The molecule has 0 N–H and O–H groups in total. The average molecular weight is 353 g/mol. The summed E-state index contributed by atoms with van der Waals surface area (Å²) in [4.78, 5) is 0. The minimum Gasteiger partial charge on any atom is -0.0795 e. The highest BCUT2D eigenvalue weighted by Gasteiger charge is 2.14. The molecule has 0 aliphatic heterocycles. The molecule has 0 heteroatoms. The van der Waals surface area contributed by atoms with Gasteiger partial charge in [0.15, 0.2) is 0 Å². The van der Waals surface area contributed by atoms with Crippen LogP contribution in [0, 0.1) is 5.92 Å². The molecule has 5 rings (SSSR count). The van der Waals surface area contributed by atoms with Gasteiger partial charge in [-0.15, -0.1) is 0 Å². The Balaban J connectivity index is 0.000000124. The van der Waals surface area contributed by atoms with Crippen LogP contribution in [0.5, 0.6) is 0 Å². The van der Waals surface area contributed by atoms with Crippen molar-refractivity contribution in [2.75, 3.05) is 0 Å². The fraction of sp³-hybridized carbons (Fsp3) is 0.185. The molecule has 0 bridgehead atoms. The van der Waals surface area contributed by atoms with Gasteiger partial charge in [-0.1, -0.05) is 117 Å². The van der Waals surface area contributed by atoms with Crippen molar-refractivity contribution in [3.63, 3.8) is 0 Å². The van der Waals surface area contributed by atoms with E-state index in [0.29, 0.717) is 5.92 Å². The normalized spacial score (nSPS) is 12.9. The van der Waals surface area contributed by atoms with Crippen LogP contribution in [-0.2, 0) is 12.8 Å². The smallest absolute Gasteiger partial charge is 0.00853 e. The van der Waals surface area contributed by atoms with E-state index in [4.69, 9.17) is 0 Å². The minimum atomic E-state index is 0.661. The summed E-state index contributed by atoms with van der Waals surface area (Å²) < 4.78 is 0. The number of benzene rings is 3. The number of hydrogen-bond donors (Lipinski definition) is 0. The van der Waals surface area contributed by atoms with Gasteiger partial charge in [0.2, 0.25) is 0 Å². The highest BCUT2D eigenvalue weighted by molar-refractivity contribution is 5.73. The summed E-state index contributed by atoms with van der Waals surface area (Å²) in [5, 5.41) is 0. The van der Waals surface area contributed by atoms with Gasteiger partial charge in [0.1, 0.15) is 0 Å². The van der Waals surface area contributed by atoms with Crippen molar-refractivity contribution >= 4 is 11.6 Å². The molecule has 3 aromatic carbocycles. The van der Waals surface area contributed by atoms with E-state index in [9.17, 15) is 0 Å². The summed E-state index contributed by atoms with van der Waals surface area (Å²) in [5.41, 5.74) is 7.31. The lowest BCUT2D eigenvalue weighted by atomic mass is 9.97. The molecule has 0 spiro atoms. The van der Waals surface area contributed by atoms with Crippen molar-refractivity contribution in [1.29, 1.82) is 0 Å². The molecule has 0 atom stereocenters. The standard InChI is InChI=1S/C12H14.C9H8.C6H6/c1-9(2)11-8-7-10-5-3-4-6-12(10)11;1-2-5-9-7-3-6-8(9)4-1;1-2-4-6-5-3-1/h3-6,8-9H,7H2,1-2H3;1-6H,7H2;1-6H. The van der Waals surface area contributed by atoms with Gasteiger partial charge < -0.3 is 0 Å². The van der Waals surface area contributed by atoms with Crippen LogP contribution in [0.1, 0.15) is 36.1 Å². The van der Waals surface area contributed by atoms with E-state index in [1.54, 1.807) is 0 Å². The molecule has 2 aliphatic carbocycles. The second kappa shape index (κ2) is 9.73. The summed E-state index contributed by atoms with van der Waals surface area (Å²) >= 11 is 0. The number of allylic oxidation sites excluding steroid dienone is 3. The lowest BCUT2D eigenvalue weighted by Crippen LogP contribution is -1.90. The summed E-state index contributed by atoms with van der Waals surface area (Å²) in [6.07, 6.45) is 8.98. The quantitative estimate of drug-likeness (QED) is 0.433. The molecule has 0 heterocycles. The van der Waals surface area contributed by atoms with Crippen LogP contribution >= 0.6 is 0 Å². The minimum absolute atomic E-state index is 0.661. The van der Waals surface area contributed by atoms with Crippen molar-refractivity contribution in [3.8, 4) is 0 Å². The number of fused-ring (bicyclic) bond motifs is 2. The van der Waals surface area contributed by atoms with Gasteiger partial charge in [-0.25, -0.2) is 0 Å². The average Bonchev–Trinajstić information content (AvgIpc) is 3.37. The predicted octanol–water partition coefficient (Wildman–Crippen LogP) is 7.22. The van der Waals surface area contributed by atoms with Crippen molar-refractivity contribution in [1.82, 2.24) is 0 Å². The third-order valence-corrected chi connectivity index (χ3v) is 4.85. The lowest BCUT2D eigenvalue weighted by Gasteiger charge is -2.08. The van der Waals surface area contributed by atoms with Crippen molar-refractivity contribution in [2.45, 2.75) is 26.7 Å². The molecule has 0 saturated heterocycles. The van der Waals surface area contributed by atoms with Crippen LogP contribution < -0.4 is 0 Å². The molecule has 0 radical (unpaired) electrons. The Hall–Kier alpha value is -2.86. The maximum absolute atomic E-state index is 2.36. The van der Waals surface area contributed by atoms with Gasteiger partial charge in [-0.2, -0.15) is 0 Å². The largest absolute Gasteiger partial charge is 0.0795 e. The second-order valence-corrected chi connectivity index (χ2v) is 7.14. The van der Waals surface area contributed by atoms with Gasteiger partial charge in [0.25, 0.3) is 0 Å². The zero-order valence-electron chi connectivity index (χ0n) is 16.3. The first-order chi connectivity index (χ1) is 13.3. The fourth-order valence-corrected chi connectivity index (χ4v) is 3.44. The molecule has 2 aliphatic rings. The molecule has 0 fully saturated rings. The van der Waals surface area contributed by atoms with Crippen LogP contribution in [-0.4, -0.2) is 0 Å². The summed E-state index contributed by atoms with van der Waals surface area (Å²) in [6.45, 7) is 4.52. The third-order valence-electron chi connectivity index (χ3n) is 4.85. The van der Waals surface area contributed by atoms with Crippen LogP contribution in [0.3, 0.4) is 0 Å². The highest BCUT2D eigenvalue weighted by atomic mass is 14.2. The van der Waals surface area contributed by atoms with E-state index in [1.165, 1.54) is 27.8 Å². The zero-order valence-corrected chi connectivity index (χ0v) is 16.3. The van der Waals surface area contributed by atoms with Crippen LogP contribution in [0.25, 0.3) is 11.6 Å². The van der Waals surface area contributed by atoms with Gasteiger partial charge in [0.05, 0.1) is 0 Å². The summed E-state index contributed by atoms with van der Waals surface area (Å²) in [5.74, 6) is 0.661. The maximum Gasteiger partial charge on any atom is -0.00853 e. The molecule has 0 saturated carbocycles. The Morgan fingerprint density at radius 1 is 0.630 bits per heavy atom. The Morgan fingerprint density at radius 2 is 1.22 bits per heavy atom. The summed E-state index contributed by atoms with van der Waals surface area (Å²) in [7, 11) is 0. The molecule has 0 aromatic heterocycles. The van der Waals surface area contributed by atoms with E-state index in [1.807, 2.05) is 36.4 Å². The van der Waals surface area contributed by atoms with E-state index >= 15 is 0 Å². The van der Waals surface area contributed by atoms with Gasteiger partial charge in [-0.3, -0.25) is 0 Å². The van der Waals surface area contributed by atoms with E-state index in [-0.39, 0.29) is 0 Å². The van der Waals surface area contributed by atoms with Gasteiger partial charge in [-0.05, 0) is 46.6 Å². The number of hydrogen-bond acceptors (Lipinski definition) is 0. The van der Waals surface area contributed by atoms with Gasteiger partial charge in [0, 0.05) is 0 Å². The highest BCUT2D eigenvalue weighted by Crippen LogP contribution is 2.32. The molecular formula is C27H28. The Kier molecular flexibility index (Phi) is 6.82. The summed E-state index contributed by atoms with van der Waals surface area (Å²) in [6, 6.07) is 29.2. The first-order valence-corrected chi connectivity index (χ1v) is 9.78. The Labute approximate surface area is 163 Å². The van der Waals surface area contributed by atoms with Crippen LogP contribution in [0.4, 0.5) is 0 Å². The molecule has 27 heavy (non-hydrogen) atoms. The molecular weight excluding hydrogens is 324 g/mol. The SMILES string of the molecule is C1=Cc2ccccc2C1.CC(C)C1=CCc2ccccc21.c1ccccc1. The van der Waals surface area contributed by atoms with E-state index < -0.39 is 0 Å². The van der Waals surface area contributed by atoms with Crippen molar-refractivity contribution in [2.24, 2.45) is 5.92 Å². The molecule has 0 unspecified atom stereocenters. The van der Waals surface area contributed by atoms with Gasteiger partial charge >= 0.3 is 0 Å². The third kappa shape index (κ3) is 5.31. The molecule has 0 amide bonds. The molecule has 0 nitrogen and oxygen atoms in total. The lowest BCUT2D eigenvalue weighted by molar-refractivity contribution is 0.857. The fourth-order valence-electron chi connectivity index (χ4n) is 3.44. The molecule has 136 valence electrons. The van der Waals surface area contributed by atoms with Crippen molar-refractivity contribution in [3.05, 3.63) is 119 Å². The first kappa shape index (κ1) is 18.9. The van der Waals surface area contributed by atoms with Crippen LogP contribution in [0.15, 0.2) is 97.1 Å².